The first-order valence-electron chi connectivity index (χ1n) is 15.3. The lowest BCUT2D eigenvalue weighted by molar-refractivity contribution is -0.164. The van der Waals surface area contributed by atoms with Gasteiger partial charge < -0.3 is 21.5 Å². The van der Waals surface area contributed by atoms with Crippen molar-refractivity contribution in [3.8, 4) is 0 Å². The zero-order chi connectivity index (χ0) is 38.3. The molecule has 2 amide bonds. The molecule has 13 nitrogen and oxygen atoms in total. The highest BCUT2D eigenvalue weighted by atomic mass is 35.5. The van der Waals surface area contributed by atoms with Gasteiger partial charge in [-0.2, -0.15) is 27.1 Å². The van der Waals surface area contributed by atoms with E-state index in [0.29, 0.717) is 16.7 Å². The lowest BCUT2D eigenvalue weighted by Gasteiger charge is -2.29. The second-order valence-electron chi connectivity index (χ2n) is 13.0. The van der Waals surface area contributed by atoms with Gasteiger partial charge in [-0.3, -0.25) is 19.7 Å². The molecule has 1 heterocycles. The van der Waals surface area contributed by atoms with E-state index >= 15 is 0 Å². The molecular weight excluding hydrogens is 703 g/mol. The number of aliphatic imine (C=N–C) groups is 2. The van der Waals surface area contributed by atoms with Crippen LogP contribution in [-0.4, -0.2) is 60.8 Å². The Kier molecular flexibility index (Phi) is 13.0. The van der Waals surface area contributed by atoms with E-state index in [-0.39, 0.29) is 40.1 Å². The van der Waals surface area contributed by atoms with Crippen LogP contribution in [-0.2, 0) is 9.53 Å². The number of rotatable bonds is 12. The van der Waals surface area contributed by atoms with Crippen molar-refractivity contribution in [3.05, 3.63) is 71.0 Å². The molecule has 0 unspecified atom stereocenters. The molecule has 2 aliphatic rings. The van der Waals surface area contributed by atoms with E-state index in [1.807, 2.05) is 5.32 Å². The number of amides is 2. The molecule has 1 saturated carbocycles. The molecule has 2 atom stereocenters. The monoisotopic (exact) mass is 742 g/mol. The summed E-state index contributed by atoms with van der Waals surface area (Å²) in [5.74, 6) is 4.80. The Balaban J connectivity index is 0.00000131. The minimum absolute atomic E-state index is 0.0476. The van der Waals surface area contributed by atoms with E-state index in [1.165, 1.54) is 29.5 Å². The van der Waals surface area contributed by atoms with Crippen molar-refractivity contribution in [2.24, 2.45) is 37.8 Å². The molecule has 1 fully saturated rings. The van der Waals surface area contributed by atoms with E-state index in [0.717, 1.165) is 17.3 Å². The Morgan fingerprint density at radius 1 is 1.20 bits per heavy atom. The van der Waals surface area contributed by atoms with Crippen LogP contribution in [0.25, 0.3) is 0 Å². The topological polar surface area (TPSA) is 180 Å². The summed E-state index contributed by atoms with van der Waals surface area (Å²) in [7, 11) is 0. The lowest BCUT2D eigenvalue weighted by Crippen LogP contribution is -2.49. The van der Waals surface area contributed by atoms with E-state index in [4.69, 9.17) is 33.6 Å². The fourth-order valence-electron chi connectivity index (χ4n) is 4.56. The van der Waals surface area contributed by atoms with Crippen LogP contribution in [0.15, 0.2) is 70.0 Å². The van der Waals surface area contributed by atoms with Gasteiger partial charge in [0, 0.05) is 12.4 Å². The molecule has 2 aromatic carbocycles. The summed E-state index contributed by atoms with van der Waals surface area (Å²) in [5, 5.41) is 6.60. The van der Waals surface area contributed by atoms with Gasteiger partial charge in [0.15, 0.2) is 12.0 Å². The number of carbonyl (C=O) groups excluding carboxylic acids is 2. The highest BCUT2D eigenvalue weighted by molar-refractivity contribution is 6.33. The summed E-state index contributed by atoms with van der Waals surface area (Å²) in [6.45, 7) is 7.93. The van der Waals surface area contributed by atoms with Crippen molar-refractivity contribution in [3.63, 3.8) is 0 Å². The smallest absolute Gasteiger partial charge is 0.411 e. The number of hydrazine groups is 1. The molecule has 1 aliphatic heterocycles. The molecule has 0 aromatic heterocycles. The van der Waals surface area contributed by atoms with E-state index < -0.39 is 49.0 Å². The van der Waals surface area contributed by atoms with Gasteiger partial charge in [0.25, 0.3) is 5.91 Å². The van der Waals surface area contributed by atoms with E-state index in [9.17, 15) is 31.5 Å². The number of benzene rings is 2. The van der Waals surface area contributed by atoms with Crippen LogP contribution >= 0.6 is 11.6 Å². The fraction of sp³-hybridized carbons (Fsp3) is 0.406. The Labute approximate surface area is 296 Å². The summed E-state index contributed by atoms with van der Waals surface area (Å²) in [4.78, 5) is 34.8. The Morgan fingerprint density at radius 3 is 2.31 bits per heavy atom. The number of guanidine groups is 1. The van der Waals surface area contributed by atoms with Gasteiger partial charge >= 0.3 is 18.8 Å². The number of nitrogens with one attached hydrogen (secondary N) is 1. The number of nitrogens with zero attached hydrogens (tertiary/aromatic N) is 6. The van der Waals surface area contributed by atoms with Crippen molar-refractivity contribution in [1.29, 1.82) is 0 Å². The molecule has 1 aliphatic carbocycles. The van der Waals surface area contributed by atoms with Crippen LogP contribution in [0.2, 0.25) is 5.02 Å². The second kappa shape index (κ2) is 16.4. The number of halogens is 6. The minimum Gasteiger partial charge on any atom is -0.447 e. The molecule has 7 N–H and O–H groups in total. The Hall–Kier alpha value is -4.97. The third-order valence-electron chi connectivity index (χ3n) is 7.10. The maximum atomic E-state index is 13.9. The van der Waals surface area contributed by atoms with E-state index in [1.54, 1.807) is 24.3 Å². The number of hydrazone groups is 1. The van der Waals surface area contributed by atoms with Crippen LogP contribution in [0, 0.1) is 5.41 Å². The van der Waals surface area contributed by atoms with Gasteiger partial charge in [-0.15, -0.1) is 0 Å². The van der Waals surface area contributed by atoms with Crippen molar-refractivity contribution in [2.75, 3.05) is 16.6 Å². The molecule has 0 radical (unpaired) electrons. The number of anilines is 2. The minimum atomic E-state index is -4.72. The highest BCUT2D eigenvalue weighted by Crippen LogP contribution is 2.49. The molecule has 2 aromatic rings. The van der Waals surface area contributed by atoms with Crippen LogP contribution in [0.4, 0.5) is 38.1 Å². The molecule has 4 rings (SSSR count). The SMILES string of the molecule is C=N/C=N\N(c1cc([C@@H](COC(=O)NC2(C(F)(F)F)CC2)N2C(=O)[C@@H](c3ccc(N(N)/C=C\N)cc3)N=C2N)ccc1Cl)C(F)F.CC(C)(C)C. The number of alkyl halides is 5. The summed E-state index contributed by atoms with van der Waals surface area (Å²) >= 11 is 6.19. The zero-order valence-corrected chi connectivity index (χ0v) is 29.0. The predicted octanol–water partition coefficient (Wildman–Crippen LogP) is 5.94. The Bertz CT molecular complexity index is 1640. The van der Waals surface area contributed by atoms with Gasteiger partial charge in [-0.25, -0.2) is 20.6 Å². The van der Waals surface area contributed by atoms with Gasteiger partial charge in [-0.1, -0.05) is 57.5 Å². The Morgan fingerprint density at radius 2 is 1.80 bits per heavy atom. The summed E-state index contributed by atoms with van der Waals surface area (Å²) in [5.41, 5.74) is 10.2. The third kappa shape index (κ3) is 10.5. The number of hydrogen-bond donors (Lipinski definition) is 4. The number of carbonyl (C=O) groups is 2. The van der Waals surface area contributed by atoms with Gasteiger partial charge in [0.1, 0.15) is 18.5 Å². The number of nitrogens with two attached hydrogens (primary N) is 3. The number of ether oxygens (including phenoxy) is 1. The van der Waals surface area contributed by atoms with Gasteiger partial charge in [-0.05, 0) is 60.4 Å². The largest absolute Gasteiger partial charge is 0.447 e. The van der Waals surface area contributed by atoms with E-state index in [2.05, 4.69) is 49.5 Å². The number of alkyl carbamates (subject to hydrolysis) is 1. The van der Waals surface area contributed by atoms with Gasteiger partial charge in [0.05, 0.1) is 22.4 Å². The molecular formula is C32H40ClF5N10O3. The summed E-state index contributed by atoms with van der Waals surface area (Å²) in [6, 6.07) is 7.40. The van der Waals surface area contributed by atoms with Gasteiger partial charge in [0.2, 0.25) is 0 Å². The first-order chi connectivity index (χ1) is 23.7. The van der Waals surface area contributed by atoms with Crippen molar-refractivity contribution in [2.45, 2.75) is 70.9 Å². The lowest BCUT2D eigenvalue weighted by atomic mass is 10.0. The third-order valence-corrected chi connectivity index (χ3v) is 7.42. The average Bonchev–Trinajstić information content (AvgIpc) is 3.77. The van der Waals surface area contributed by atoms with Crippen molar-refractivity contribution in [1.82, 2.24) is 10.2 Å². The molecule has 19 heteroatoms. The molecule has 0 spiro atoms. The first-order valence-corrected chi connectivity index (χ1v) is 15.7. The fourth-order valence-corrected chi connectivity index (χ4v) is 4.77. The summed E-state index contributed by atoms with van der Waals surface area (Å²) < 4.78 is 73.2. The normalized spacial score (nSPS) is 17.6. The maximum absolute atomic E-state index is 13.9. The van der Waals surface area contributed by atoms with Crippen LogP contribution in [0.3, 0.4) is 0 Å². The molecule has 0 bridgehead atoms. The van der Waals surface area contributed by atoms with Crippen LogP contribution in [0.5, 0.6) is 0 Å². The summed E-state index contributed by atoms with van der Waals surface area (Å²) in [6.07, 6.45) is -3.46. The molecule has 51 heavy (non-hydrogen) atoms. The van der Waals surface area contributed by atoms with Crippen molar-refractivity contribution >= 4 is 54.0 Å². The zero-order valence-electron chi connectivity index (χ0n) is 28.2. The average molecular weight is 743 g/mol. The number of hydrogen-bond acceptors (Lipinski definition) is 10. The molecule has 0 saturated heterocycles. The van der Waals surface area contributed by atoms with Crippen molar-refractivity contribution < 1.29 is 36.3 Å². The van der Waals surface area contributed by atoms with Crippen LogP contribution in [0.1, 0.15) is 63.7 Å². The quantitative estimate of drug-likeness (QED) is 0.0515. The molecule has 278 valence electrons. The maximum Gasteiger partial charge on any atom is 0.411 e. The predicted molar refractivity (Wildman–Crippen MR) is 186 cm³/mol. The first kappa shape index (κ1) is 40.5. The standard InChI is InChI=1S/C27H28ClF5N10O3.C5H12/c1-37-14-38-43(23(29)30)19-12-16(4-7-18(19)28)20(13-46-25(45)40-26(8-9-26)27(31,32)33)42-22(44)21(39-24(42)35)15-2-5-17(6-3-15)41(36)11-10-34;1-5(2,3)4/h2-7,10-12,14,20-21,23H,1,8-9,13,34,36H2,(H2,35,39)(H,40,45);1-4H3/b11-10-,38-14-;/t20-,21-;/m1./s1. The second-order valence-corrected chi connectivity index (χ2v) is 13.4. The van der Waals surface area contributed by atoms with Crippen LogP contribution < -0.4 is 32.6 Å². The highest BCUT2D eigenvalue weighted by Gasteiger charge is 2.64.